The van der Waals surface area contributed by atoms with E-state index in [2.05, 4.69) is 34.6 Å². The molecule has 0 aliphatic heterocycles. The Morgan fingerprint density at radius 1 is 1.20 bits per heavy atom. The fraction of sp³-hybridized carbons (Fsp3) is 0.308. The molecule has 1 aromatic carbocycles. The van der Waals surface area contributed by atoms with Crippen molar-refractivity contribution in [3.8, 4) is 0 Å². The van der Waals surface area contributed by atoms with Crippen molar-refractivity contribution in [3.63, 3.8) is 0 Å². The summed E-state index contributed by atoms with van der Waals surface area (Å²) in [6, 6.07) is 10.4. The fourth-order valence-corrected chi connectivity index (χ4v) is 1.82. The molecule has 1 N–H and O–H groups in total. The molecule has 3 rings (SSSR count). The lowest BCUT2D eigenvalue weighted by Gasteiger charge is -2.07. The van der Waals surface area contributed by atoms with Crippen LogP contribution < -0.4 is 5.32 Å². The maximum atomic E-state index is 4.42. The highest BCUT2D eigenvalue weighted by atomic mass is 14.9. The maximum absolute atomic E-state index is 4.42. The lowest BCUT2D eigenvalue weighted by molar-refractivity contribution is 0.890. The summed E-state index contributed by atoms with van der Waals surface area (Å²) < 4.78 is 0. The molecular formula is C13H14N2. The van der Waals surface area contributed by atoms with Crippen LogP contribution >= 0.6 is 0 Å². The Hall–Kier alpha value is -1.57. The van der Waals surface area contributed by atoms with Gasteiger partial charge in [-0.3, -0.25) is 4.98 Å². The number of nitrogens with one attached hydrogen (secondary N) is 1. The van der Waals surface area contributed by atoms with Crippen LogP contribution in [0.15, 0.2) is 36.5 Å². The highest BCUT2D eigenvalue weighted by molar-refractivity contribution is 5.90. The molecule has 0 bridgehead atoms. The van der Waals surface area contributed by atoms with Crippen LogP contribution in [0.4, 0.5) is 5.69 Å². The Morgan fingerprint density at radius 2 is 2.07 bits per heavy atom. The van der Waals surface area contributed by atoms with E-state index in [1.165, 1.54) is 23.9 Å². The van der Waals surface area contributed by atoms with Gasteiger partial charge >= 0.3 is 0 Å². The third-order valence-corrected chi connectivity index (χ3v) is 2.91. The molecule has 1 aliphatic carbocycles. The first-order chi connectivity index (χ1) is 7.43. The topological polar surface area (TPSA) is 24.9 Å². The molecule has 15 heavy (non-hydrogen) atoms. The third-order valence-electron chi connectivity index (χ3n) is 2.91. The Labute approximate surface area is 89.3 Å². The summed E-state index contributed by atoms with van der Waals surface area (Å²) in [7, 11) is 0. The van der Waals surface area contributed by atoms with Crippen LogP contribution in [0.1, 0.15) is 12.8 Å². The molecule has 0 amide bonds. The molecule has 2 aromatic rings. The molecule has 1 aliphatic rings. The van der Waals surface area contributed by atoms with Gasteiger partial charge in [-0.1, -0.05) is 18.2 Å². The summed E-state index contributed by atoms with van der Waals surface area (Å²) in [4.78, 5) is 4.42. The maximum Gasteiger partial charge on any atom is 0.0933 e. The molecule has 1 saturated carbocycles. The fourth-order valence-electron chi connectivity index (χ4n) is 1.82. The third kappa shape index (κ3) is 1.80. The minimum atomic E-state index is 0.893. The van der Waals surface area contributed by atoms with Crippen molar-refractivity contribution in [1.82, 2.24) is 4.98 Å². The number of benzene rings is 1. The first-order valence-corrected chi connectivity index (χ1v) is 5.51. The van der Waals surface area contributed by atoms with Crippen LogP contribution in [-0.2, 0) is 0 Å². The van der Waals surface area contributed by atoms with Crippen molar-refractivity contribution in [1.29, 1.82) is 0 Å². The molecule has 0 saturated heterocycles. The van der Waals surface area contributed by atoms with E-state index in [0.29, 0.717) is 0 Å². The Bertz CT molecular complexity index is 469. The second-order valence-electron chi connectivity index (χ2n) is 4.20. The van der Waals surface area contributed by atoms with Gasteiger partial charge in [0, 0.05) is 18.1 Å². The van der Waals surface area contributed by atoms with Gasteiger partial charge in [-0.15, -0.1) is 0 Å². The molecule has 1 fully saturated rings. The summed E-state index contributed by atoms with van der Waals surface area (Å²) in [5.74, 6) is 0.893. The van der Waals surface area contributed by atoms with Crippen LogP contribution in [0, 0.1) is 5.92 Å². The van der Waals surface area contributed by atoms with Gasteiger partial charge in [0.1, 0.15) is 0 Å². The zero-order valence-electron chi connectivity index (χ0n) is 8.61. The number of fused-ring (bicyclic) bond motifs is 1. The molecule has 0 spiro atoms. The SMILES string of the molecule is c1cnc2c(NCC3CC3)cccc2c1. The van der Waals surface area contributed by atoms with Gasteiger partial charge in [0.2, 0.25) is 0 Å². The number of nitrogens with zero attached hydrogens (tertiary/aromatic N) is 1. The zero-order chi connectivity index (χ0) is 10.1. The molecular weight excluding hydrogens is 184 g/mol. The molecule has 0 atom stereocenters. The number of aromatic nitrogens is 1. The van der Waals surface area contributed by atoms with Crippen LogP contribution in [0.5, 0.6) is 0 Å². The van der Waals surface area contributed by atoms with E-state index in [0.717, 1.165) is 18.0 Å². The van der Waals surface area contributed by atoms with Crippen molar-refractivity contribution in [3.05, 3.63) is 36.5 Å². The van der Waals surface area contributed by atoms with Crippen molar-refractivity contribution in [2.24, 2.45) is 5.92 Å². The molecule has 0 radical (unpaired) electrons. The summed E-state index contributed by atoms with van der Waals surface area (Å²) >= 11 is 0. The molecule has 76 valence electrons. The van der Waals surface area contributed by atoms with Crippen LogP contribution in [0.3, 0.4) is 0 Å². The Kier molecular flexibility index (Phi) is 2.05. The lowest BCUT2D eigenvalue weighted by Crippen LogP contribution is -2.03. The summed E-state index contributed by atoms with van der Waals surface area (Å²) in [6.07, 6.45) is 4.61. The van der Waals surface area contributed by atoms with Gasteiger partial charge in [-0.2, -0.15) is 0 Å². The number of hydrogen-bond acceptors (Lipinski definition) is 2. The van der Waals surface area contributed by atoms with Gasteiger partial charge in [-0.05, 0) is 30.9 Å². The number of rotatable bonds is 3. The average Bonchev–Trinajstić information content (AvgIpc) is 3.10. The molecule has 1 aromatic heterocycles. The molecule has 2 heteroatoms. The van der Waals surface area contributed by atoms with E-state index in [4.69, 9.17) is 0 Å². The second-order valence-corrected chi connectivity index (χ2v) is 4.20. The van der Waals surface area contributed by atoms with Gasteiger partial charge in [0.05, 0.1) is 11.2 Å². The highest BCUT2D eigenvalue weighted by Gasteiger charge is 2.20. The van der Waals surface area contributed by atoms with Gasteiger partial charge in [-0.25, -0.2) is 0 Å². The van der Waals surface area contributed by atoms with Crippen LogP contribution in [0.2, 0.25) is 0 Å². The molecule has 1 heterocycles. The minimum Gasteiger partial charge on any atom is -0.383 e. The van der Waals surface area contributed by atoms with E-state index >= 15 is 0 Å². The summed E-state index contributed by atoms with van der Waals surface area (Å²) in [6.45, 7) is 1.09. The van der Waals surface area contributed by atoms with Crippen molar-refractivity contribution in [2.75, 3.05) is 11.9 Å². The van der Waals surface area contributed by atoms with E-state index < -0.39 is 0 Å². The average molecular weight is 198 g/mol. The standard InChI is InChI=1S/C13H14N2/c1-3-11-4-2-8-14-13(11)12(5-1)15-9-10-6-7-10/h1-5,8,10,15H,6-7,9H2. The number of pyridine rings is 1. The Morgan fingerprint density at radius 3 is 2.93 bits per heavy atom. The van der Waals surface area contributed by atoms with Crippen LogP contribution in [0.25, 0.3) is 10.9 Å². The van der Waals surface area contributed by atoms with Crippen molar-refractivity contribution >= 4 is 16.6 Å². The molecule has 0 unspecified atom stereocenters. The van der Waals surface area contributed by atoms with E-state index in [-0.39, 0.29) is 0 Å². The first-order valence-electron chi connectivity index (χ1n) is 5.51. The van der Waals surface area contributed by atoms with Gasteiger partial charge in [0.25, 0.3) is 0 Å². The Balaban J connectivity index is 1.93. The highest BCUT2D eigenvalue weighted by Crippen LogP contribution is 2.30. The summed E-state index contributed by atoms with van der Waals surface area (Å²) in [5.41, 5.74) is 2.25. The number of para-hydroxylation sites is 1. The van der Waals surface area contributed by atoms with E-state index in [9.17, 15) is 0 Å². The predicted octanol–water partition coefficient (Wildman–Crippen LogP) is 3.06. The van der Waals surface area contributed by atoms with E-state index in [1.807, 2.05) is 12.3 Å². The number of hydrogen-bond donors (Lipinski definition) is 1. The summed E-state index contributed by atoms with van der Waals surface area (Å²) in [5, 5.41) is 4.69. The molecule has 2 nitrogen and oxygen atoms in total. The minimum absolute atomic E-state index is 0.893. The zero-order valence-corrected chi connectivity index (χ0v) is 8.61. The smallest absolute Gasteiger partial charge is 0.0933 e. The predicted molar refractivity (Wildman–Crippen MR) is 63.0 cm³/mol. The monoisotopic (exact) mass is 198 g/mol. The lowest BCUT2D eigenvalue weighted by atomic mass is 10.2. The van der Waals surface area contributed by atoms with E-state index in [1.54, 1.807) is 0 Å². The second kappa shape index (κ2) is 3.54. The number of anilines is 1. The van der Waals surface area contributed by atoms with Gasteiger partial charge < -0.3 is 5.32 Å². The normalized spacial score (nSPS) is 15.5. The van der Waals surface area contributed by atoms with Gasteiger partial charge in [0.15, 0.2) is 0 Å². The quantitative estimate of drug-likeness (QED) is 0.819. The van der Waals surface area contributed by atoms with Crippen molar-refractivity contribution in [2.45, 2.75) is 12.8 Å². The van der Waals surface area contributed by atoms with Crippen LogP contribution in [-0.4, -0.2) is 11.5 Å². The largest absolute Gasteiger partial charge is 0.383 e. The van der Waals surface area contributed by atoms with Crippen molar-refractivity contribution < 1.29 is 0 Å². The first kappa shape index (κ1) is 8.72.